The average Bonchev–Trinajstić information content (AvgIpc) is 2.81. The maximum atomic E-state index is 4.02. The molecule has 0 spiro atoms. The molecule has 2 heteroatoms. The second kappa shape index (κ2) is 9.21. The first-order valence-corrected chi connectivity index (χ1v) is 19.2. The van der Waals surface area contributed by atoms with Gasteiger partial charge in [0.05, 0.1) is 0 Å². The van der Waals surface area contributed by atoms with Crippen LogP contribution in [-0.4, -0.2) is 10.3 Å². The van der Waals surface area contributed by atoms with Gasteiger partial charge in [-0.25, -0.2) is 0 Å². The van der Waals surface area contributed by atoms with Crippen LogP contribution in [0.15, 0.2) is 0 Å². The van der Waals surface area contributed by atoms with Crippen molar-refractivity contribution in [3.8, 4) is 0 Å². The highest BCUT2D eigenvalue weighted by atomic mass is 31.0. The van der Waals surface area contributed by atoms with E-state index in [0.717, 1.165) is 59.2 Å². The first-order valence-electron chi connectivity index (χ1n) is 18.1. The summed E-state index contributed by atoms with van der Waals surface area (Å²) in [5.41, 5.74) is 1.69. The summed E-state index contributed by atoms with van der Waals surface area (Å²) in [5.74, 6) is 9.59. The van der Waals surface area contributed by atoms with Crippen LogP contribution >= 0.6 is 18.5 Å². The van der Waals surface area contributed by atoms with Crippen molar-refractivity contribution in [3.63, 3.8) is 0 Å². The fourth-order valence-electron chi connectivity index (χ4n) is 15.4. The van der Waals surface area contributed by atoms with E-state index in [1.54, 1.807) is 77.0 Å². The normalized spacial score (nSPS) is 51.8. The third kappa shape index (κ3) is 3.94. The second-order valence-corrected chi connectivity index (χ2v) is 22.1. The smallest absolute Gasteiger partial charge is 0.000609 e. The molecule has 228 valence electrons. The molecule has 9 aliphatic carbocycles. The fourth-order valence-corrected chi connectivity index (χ4v) is 16.9. The minimum atomic E-state index is 0.228. The molecule has 0 heterocycles. The zero-order valence-electron chi connectivity index (χ0n) is 27.8. The topological polar surface area (TPSA) is 0 Å². The Bertz CT molecular complexity index is 863. The Labute approximate surface area is 254 Å². The van der Waals surface area contributed by atoms with Gasteiger partial charge in [-0.3, -0.25) is 0 Å². The molecule has 0 nitrogen and oxygen atoms in total. The van der Waals surface area contributed by atoms with Crippen LogP contribution in [0.4, 0.5) is 0 Å². The maximum absolute atomic E-state index is 4.02. The Morgan fingerprint density at radius 1 is 0.450 bits per heavy atom. The molecular weight excluding hydrogens is 518 g/mol. The molecule has 0 aromatic rings. The lowest BCUT2D eigenvalue weighted by Crippen LogP contribution is -2.71. The molecular formula is C38H66P2. The van der Waals surface area contributed by atoms with Gasteiger partial charge in [-0.15, -0.1) is 18.5 Å². The zero-order chi connectivity index (χ0) is 28.7. The monoisotopic (exact) mass is 584 g/mol. The van der Waals surface area contributed by atoms with Crippen LogP contribution in [0.25, 0.3) is 0 Å². The third-order valence-electron chi connectivity index (χ3n) is 16.2. The summed E-state index contributed by atoms with van der Waals surface area (Å²) >= 11 is 0. The number of rotatable bonds is 4. The van der Waals surface area contributed by atoms with E-state index in [2.05, 4.69) is 73.9 Å². The van der Waals surface area contributed by atoms with Crippen molar-refractivity contribution < 1.29 is 0 Å². The largest absolute Gasteiger partial charge is 0.130 e. The standard InChI is InChI=1S/C38H66P2/c1-23-9-31(37(39,33(3,4)5)34(6,7)8)32(10-24(23)2)38(40,35-17-25-11-26(18-35)13-27(12-25)19-35)36-20-28-14-29(21-36)16-30(15-28)22-36/h23-32H,9-22,39-40H2,1-8H3. The summed E-state index contributed by atoms with van der Waals surface area (Å²) in [7, 11) is 7.70. The Balaban J connectivity index is 1.44. The van der Waals surface area contributed by atoms with Crippen LogP contribution in [0.3, 0.4) is 0 Å². The van der Waals surface area contributed by atoms with Gasteiger partial charge >= 0.3 is 0 Å². The second-order valence-electron chi connectivity index (χ2n) is 20.3. The third-order valence-corrected chi connectivity index (χ3v) is 20.0. The highest BCUT2D eigenvalue weighted by molar-refractivity contribution is 7.19. The van der Waals surface area contributed by atoms with E-state index in [1.807, 2.05) is 0 Å². The molecule has 9 aliphatic rings. The van der Waals surface area contributed by atoms with Gasteiger partial charge in [-0.2, -0.15) is 0 Å². The van der Waals surface area contributed by atoms with E-state index >= 15 is 0 Å². The molecule has 8 bridgehead atoms. The predicted octanol–water partition coefficient (Wildman–Crippen LogP) is 11.0. The van der Waals surface area contributed by atoms with Gasteiger partial charge in [0.2, 0.25) is 0 Å². The molecule has 0 radical (unpaired) electrons. The van der Waals surface area contributed by atoms with Crippen molar-refractivity contribution in [3.05, 3.63) is 0 Å². The average molecular weight is 585 g/mol. The van der Waals surface area contributed by atoms with E-state index in [0.29, 0.717) is 16.0 Å². The molecule has 40 heavy (non-hydrogen) atoms. The Morgan fingerprint density at radius 2 is 0.725 bits per heavy atom. The van der Waals surface area contributed by atoms with Gasteiger partial charge in [0, 0.05) is 0 Å². The molecule has 0 aliphatic heterocycles. The van der Waals surface area contributed by atoms with E-state index in [4.69, 9.17) is 0 Å². The van der Waals surface area contributed by atoms with E-state index in [-0.39, 0.29) is 16.0 Å². The van der Waals surface area contributed by atoms with Crippen molar-refractivity contribution in [2.75, 3.05) is 0 Å². The highest BCUT2D eigenvalue weighted by Gasteiger charge is 2.73. The first-order chi connectivity index (χ1) is 18.5. The van der Waals surface area contributed by atoms with Crippen molar-refractivity contribution in [1.82, 2.24) is 0 Å². The maximum Gasteiger partial charge on any atom is -0.000609 e. The van der Waals surface area contributed by atoms with Crippen molar-refractivity contribution in [2.45, 2.75) is 156 Å². The molecule has 0 amide bonds. The summed E-state index contributed by atoms with van der Waals surface area (Å²) in [4.78, 5) is 0. The molecule has 6 unspecified atom stereocenters. The lowest BCUT2D eigenvalue weighted by Gasteiger charge is -2.76. The predicted molar refractivity (Wildman–Crippen MR) is 180 cm³/mol. The van der Waals surface area contributed by atoms with Gasteiger partial charge in [-0.05, 0) is 181 Å². The van der Waals surface area contributed by atoms with Crippen molar-refractivity contribution >= 4 is 18.5 Å². The van der Waals surface area contributed by atoms with E-state index in [9.17, 15) is 0 Å². The lowest BCUT2D eigenvalue weighted by atomic mass is 9.34. The quantitative estimate of drug-likeness (QED) is 0.288. The zero-order valence-corrected chi connectivity index (χ0v) is 30.1. The number of hydrogen-bond donors (Lipinski definition) is 0. The summed E-state index contributed by atoms with van der Waals surface area (Å²) in [5, 5.41) is 0.648. The Kier molecular flexibility index (Phi) is 6.80. The summed E-state index contributed by atoms with van der Waals surface area (Å²) in [6, 6.07) is 0. The summed E-state index contributed by atoms with van der Waals surface area (Å²) in [6.45, 7) is 20.9. The van der Waals surface area contributed by atoms with Crippen molar-refractivity contribution in [1.29, 1.82) is 0 Å². The molecule has 0 saturated heterocycles. The van der Waals surface area contributed by atoms with Crippen LogP contribution in [0.5, 0.6) is 0 Å². The van der Waals surface area contributed by atoms with Gasteiger partial charge < -0.3 is 0 Å². The minimum Gasteiger partial charge on any atom is -0.130 e. The lowest BCUT2D eigenvalue weighted by molar-refractivity contribution is -0.189. The fraction of sp³-hybridized carbons (Fsp3) is 1.00. The molecule has 9 fully saturated rings. The van der Waals surface area contributed by atoms with E-state index in [1.165, 1.54) is 12.8 Å². The van der Waals surface area contributed by atoms with Crippen molar-refractivity contribution in [2.24, 2.45) is 80.8 Å². The van der Waals surface area contributed by atoms with E-state index < -0.39 is 0 Å². The summed E-state index contributed by atoms with van der Waals surface area (Å²) in [6.07, 6.45) is 22.0. The summed E-state index contributed by atoms with van der Waals surface area (Å²) < 4.78 is 0. The molecule has 9 rings (SSSR count). The van der Waals surface area contributed by atoms with Gasteiger partial charge in [-0.1, -0.05) is 55.4 Å². The SMILES string of the molecule is CC1CC(C(P)(C(C)(C)C)C(C)(C)C)C(C(P)(C23CC4CC(CC(C4)C2)C3)C23CC4CC(CC(C4)C2)C3)CC1C. The minimum absolute atomic E-state index is 0.228. The van der Waals surface area contributed by atoms with Crippen LogP contribution in [0.2, 0.25) is 0 Å². The van der Waals surface area contributed by atoms with Crippen LogP contribution in [0, 0.1) is 80.8 Å². The Hall–Kier alpha value is 0.860. The van der Waals surface area contributed by atoms with Gasteiger partial charge in [0.25, 0.3) is 0 Å². The molecule has 0 aromatic carbocycles. The molecule has 9 saturated carbocycles. The number of hydrogen-bond acceptors (Lipinski definition) is 0. The van der Waals surface area contributed by atoms with Crippen LogP contribution in [0.1, 0.15) is 145 Å². The molecule has 0 aromatic heterocycles. The molecule has 6 atom stereocenters. The highest BCUT2D eigenvalue weighted by Crippen LogP contribution is 2.79. The molecule has 0 N–H and O–H groups in total. The van der Waals surface area contributed by atoms with Crippen LogP contribution in [-0.2, 0) is 0 Å². The Morgan fingerprint density at radius 3 is 1.00 bits per heavy atom. The first kappa shape index (κ1) is 29.6. The van der Waals surface area contributed by atoms with Gasteiger partial charge in [0.1, 0.15) is 0 Å². The van der Waals surface area contributed by atoms with Gasteiger partial charge in [0.15, 0.2) is 0 Å². The van der Waals surface area contributed by atoms with Crippen LogP contribution < -0.4 is 0 Å².